The molecular weight excluding hydrogens is 276 g/mol. The fourth-order valence-corrected chi connectivity index (χ4v) is 1.91. The molecule has 2 N–H and O–H groups in total. The second-order valence-corrected chi connectivity index (χ2v) is 4.64. The van der Waals surface area contributed by atoms with E-state index in [1.165, 1.54) is 7.11 Å². The summed E-state index contributed by atoms with van der Waals surface area (Å²) in [5.41, 5.74) is 1.31. The zero-order valence-corrected chi connectivity index (χ0v) is 12.8. The maximum Gasteiger partial charge on any atom is 0.337 e. The Labute approximate surface area is 124 Å². The van der Waals surface area contributed by atoms with Gasteiger partial charge < -0.3 is 20.1 Å². The minimum absolute atomic E-state index is 0.175. The normalized spacial score (nSPS) is 11.6. The van der Waals surface area contributed by atoms with Crippen LogP contribution >= 0.6 is 12.2 Å². The van der Waals surface area contributed by atoms with Crippen LogP contribution in [0.25, 0.3) is 0 Å². The lowest BCUT2D eigenvalue weighted by Gasteiger charge is -2.18. The number of esters is 1. The predicted molar refractivity (Wildman–Crippen MR) is 83.1 cm³/mol. The molecule has 1 rings (SSSR count). The van der Waals surface area contributed by atoms with Crippen LogP contribution in [-0.2, 0) is 9.47 Å². The Kier molecular flexibility index (Phi) is 6.97. The Morgan fingerprint density at radius 1 is 1.30 bits per heavy atom. The Bertz CT molecular complexity index is 448. The molecule has 5 nitrogen and oxygen atoms in total. The largest absolute Gasteiger partial charge is 0.465 e. The monoisotopic (exact) mass is 296 g/mol. The molecule has 0 bridgehead atoms. The van der Waals surface area contributed by atoms with Gasteiger partial charge in [-0.05, 0) is 42.9 Å². The van der Waals surface area contributed by atoms with Crippen LogP contribution in [0.1, 0.15) is 23.7 Å². The molecule has 1 aromatic rings. The molecule has 0 aliphatic rings. The van der Waals surface area contributed by atoms with Crippen LogP contribution in [0.3, 0.4) is 0 Å². The minimum atomic E-state index is -0.358. The number of carbonyl (C=O) groups is 1. The molecular formula is C14H20N2O3S. The lowest BCUT2D eigenvalue weighted by Crippen LogP contribution is -2.40. The molecule has 1 unspecified atom stereocenters. The van der Waals surface area contributed by atoms with E-state index < -0.39 is 0 Å². The van der Waals surface area contributed by atoms with Gasteiger partial charge >= 0.3 is 5.97 Å². The Hall–Kier alpha value is -1.66. The maximum atomic E-state index is 11.3. The average molecular weight is 296 g/mol. The van der Waals surface area contributed by atoms with Crippen LogP contribution in [0.5, 0.6) is 0 Å². The first-order chi connectivity index (χ1) is 9.60. The molecule has 0 saturated carbocycles. The highest BCUT2D eigenvalue weighted by Crippen LogP contribution is 2.10. The lowest BCUT2D eigenvalue weighted by atomic mass is 10.2. The number of hydrogen-bond donors (Lipinski definition) is 2. The topological polar surface area (TPSA) is 59.6 Å². The quantitative estimate of drug-likeness (QED) is 0.620. The van der Waals surface area contributed by atoms with E-state index in [4.69, 9.17) is 17.0 Å². The van der Waals surface area contributed by atoms with E-state index >= 15 is 0 Å². The van der Waals surface area contributed by atoms with Crippen LogP contribution in [0.15, 0.2) is 24.3 Å². The number of rotatable bonds is 6. The molecule has 1 aromatic carbocycles. The number of ether oxygens (including phenoxy) is 2. The third kappa shape index (κ3) is 5.14. The highest BCUT2D eigenvalue weighted by Gasteiger charge is 2.08. The van der Waals surface area contributed by atoms with Crippen molar-refractivity contribution in [2.45, 2.75) is 19.4 Å². The van der Waals surface area contributed by atoms with Crippen LogP contribution in [0.2, 0.25) is 0 Å². The van der Waals surface area contributed by atoms with E-state index in [0.717, 1.165) is 12.1 Å². The Morgan fingerprint density at radius 3 is 2.45 bits per heavy atom. The van der Waals surface area contributed by atoms with Crippen molar-refractivity contribution in [3.8, 4) is 0 Å². The van der Waals surface area contributed by atoms with Crippen molar-refractivity contribution >= 4 is 29.0 Å². The molecule has 0 spiro atoms. The van der Waals surface area contributed by atoms with Crippen molar-refractivity contribution in [1.82, 2.24) is 5.32 Å². The number of anilines is 1. The van der Waals surface area contributed by atoms with Crippen molar-refractivity contribution in [3.05, 3.63) is 29.8 Å². The zero-order chi connectivity index (χ0) is 15.0. The molecule has 20 heavy (non-hydrogen) atoms. The summed E-state index contributed by atoms with van der Waals surface area (Å²) >= 11 is 5.23. The van der Waals surface area contributed by atoms with Crippen molar-refractivity contribution in [3.63, 3.8) is 0 Å². The van der Waals surface area contributed by atoms with E-state index in [0.29, 0.717) is 17.3 Å². The van der Waals surface area contributed by atoms with Gasteiger partial charge in [0, 0.05) is 12.8 Å². The number of carbonyl (C=O) groups excluding carboxylic acids is 1. The summed E-state index contributed by atoms with van der Waals surface area (Å²) in [5, 5.41) is 6.76. The first-order valence-electron chi connectivity index (χ1n) is 6.35. The summed E-state index contributed by atoms with van der Waals surface area (Å²) < 4.78 is 9.74. The molecule has 0 aliphatic heterocycles. The van der Waals surface area contributed by atoms with Gasteiger partial charge in [-0.2, -0.15) is 0 Å². The van der Waals surface area contributed by atoms with E-state index in [1.54, 1.807) is 31.4 Å². The fraction of sp³-hybridized carbons (Fsp3) is 0.429. The van der Waals surface area contributed by atoms with Gasteiger partial charge in [-0.15, -0.1) is 0 Å². The number of hydrogen-bond acceptors (Lipinski definition) is 4. The highest BCUT2D eigenvalue weighted by atomic mass is 32.1. The average Bonchev–Trinajstić information content (AvgIpc) is 2.46. The van der Waals surface area contributed by atoms with Gasteiger partial charge in [0.05, 0.1) is 25.3 Å². The van der Waals surface area contributed by atoms with Gasteiger partial charge in [0.25, 0.3) is 0 Å². The molecule has 0 radical (unpaired) electrons. The van der Waals surface area contributed by atoms with E-state index in [-0.39, 0.29) is 12.0 Å². The molecule has 1 atom stereocenters. The molecule has 0 aromatic heterocycles. The van der Waals surface area contributed by atoms with E-state index in [2.05, 4.69) is 22.3 Å². The van der Waals surface area contributed by atoms with Crippen LogP contribution in [0, 0.1) is 0 Å². The fourth-order valence-electron chi connectivity index (χ4n) is 1.62. The standard InChI is InChI=1S/C14H20N2O3S/c1-4-11(9-18-2)15-14(20)16-12-7-5-10(6-8-12)13(17)19-3/h5-8,11H,4,9H2,1-3H3,(H2,15,16,20). The molecule has 0 aliphatic carbocycles. The van der Waals surface area contributed by atoms with Crippen molar-refractivity contribution in [2.75, 3.05) is 26.1 Å². The van der Waals surface area contributed by atoms with Crippen LogP contribution in [-0.4, -0.2) is 38.0 Å². The van der Waals surface area contributed by atoms with Crippen molar-refractivity contribution in [1.29, 1.82) is 0 Å². The number of benzene rings is 1. The zero-order valence-electron chi connectivity index (χ0n) is 11.9. The smallest absolute Gasteiger partial charge is 0.337 e. The highest BCUT2D eigenvalue weighted by molar-refractivity contribution is 7.80. The maximum absolute atomic E-state index is 11.3. The van der Waals surface area contributed by atoms with E-state index in [9.17, 15) is 4.79 Å². The second-order valence-electron chi connectivity index (χ2n) is 4.23. The van der Waals surface area contributed by atoms with Gasteiger partial charge in [0.2, 0.25) is 0 Å². The molecule has 0 saturated heterocycles. The minimum Gasteiger partial charge on any atom is -0.465 e. The summed E-state index contributed by atoms with van der Waals surface area (Å²) in [7, 11) is 3.01. The SMILES string of the molecule is CCC(COC)NC(=S)Nc1ccc(C(=O)OC)cc1. The molecule has 0 fully saturated rings. The predicted octanol–water partition coefficient (Wildman–Crippen LogP) is 2.18. The summed E-state index contributed by atoms with van der Waals surface area (Å²) in [4.78, 5) is 11.3. The summed E-state index contributed by atoms with van der Waals surface area (Å²) in [6, 6.07) is 7.09. The first kappa shape index (κ1) is 16.4. The summed E-state index contributed by atoms with van der Waals surface area (Å²) in [6.45, 7) is 2.66. The second kappa shape index (κ2) is 8.50. The Balaban J connectivity index is 2.55. The van der Waals surface area contributed by atoms with Gasteiger partial charge in [0.1, 0.15) is 0 Å². The van der Waals surface area contributed by atoms with Crippen molar-refractivity contribution in [2.24, 2.45) is 0 Å². The van der Waals surface area contributed by atoms with Crippen LogP contribution in [0.4, 0.5) is 5.69 Å². The molecule has 0 amide bonds. The van der Waals surface area contributed by atoms with Crippen LogP contribution < -0.4 is 10.6 Å². The van der Waals surface area contributed by atoms with Crippen molar-refractivity contribution < 1.29 is 14.3 Å². The molecule has 110 valence electrons. The number of methoxy groups -OCH3 is 2. The number of thiocarbonyl (C=S) groups is 1. The van der Waals surface area contributed by atoms with Gasteiger partial charge in [-0.3, -0.25) is 0 Å². The van der Waals surface area contributed by atoms with E-state index in [1.807, 2.05) is 0 Å². The Morgan fingerprint density at radius 2 is 1.95 bits per heavy atom. The third-order valence-corrected chi connectivity index (χ3v) is 2.98. The van der Waals surface area contributed by atoms with Gasteiger partial charge in [0.15, 0.2) is 5.11 Å². The first-order valence-corrected chi connectivity index (χ1v) is 6.76. The molecule has 0 heterocycles. The summed E-state index contributed by atoms with van der Waals surface area (Å²) in [6.07, 6.45) is 0.914. The van der Waals surface area contributed by atoms with Gasteiger partial charge in [-0.1, -0.05) is 6.92 Å². The summed E-state index contributed by atoms with van der Waals surface area (Å²) in [5.74, 6) is -0.358. The number of nitrogens with one attached hydrogen (secondary N) is 2. The van der Waals surface area contributed by atoms with Gasteiger partial charge in [-0.25, -0.2) is 4.79 Å². The third-order valence-electron chi connectivity index (χ3n) is 2.76. The lowest BCUT2D eigenvalue weighted by molar-refractivity contribution is 0.0601. The molecule has 6 heteroatoms.